The van der Waals surface area contributed by atoms with Gasteiger partial charge in [0.15, 0.2) is 0 Å². The fraction of sp³-hybridized carbons (Fsp3) is 0.818. The molecule has 0 saturated heterocycles. The van der Waals surface area contributed by atoms with Crippen molar-refractivity contribution in [2.75, 3.05) is 5.75 Å². The number of hydrogen-bond donors (Lipinski definition) is 1. The van der Waals surface area contributed by atoms with Gasteiger partial charge in [-0.25, -0.2) is 4.68 Å². The third kappa shape index (κ3) is 5.03. The molecule has 0 aromatic carbocycles. The standard InChI is InChI=1S/C11H20N4O2S/c1-8(2)5-4-6-9(3)15-11(12-13-14-15)18-7-10(16)17/h8-9H,4-7H2,1-3H3,(H,16,17). The smallest absolute Gasteiger partial charge is 0.313 e. The number of aliphatic carboxylic acids is 1. The lowest BCUT2D eigenvalue weighted by Gasteiger charge is -2.13. The maximum Gasteiger partial charge on any atom is 0.313 e. The van der Waals surface area contributed by atoms with E-state index in [0.29, 0.717) is 11.1 Å². The summed E-state index contributed by atoms with van der Waals surface area (Å²) in [6, 6.07) is 0.204. The number of carboxylic acid groups (broad SMARTS) is 1. The fourth-order valence-electron chi connectivity index (χ4n) is 1.63. The molecule has 0 aliphatic rings. The molecule has 0 fully saturated rings. The van der Waals surface area contributed by atoms with Crippen LogP contribution in [0.25, 0.3) is 0 Å². The van der Waals surface area contributed by atoms with Crippen molar-refractivity contribution in [2.45, 2.75) is 51.2 Å². The van der Waals surface area contributed by atoms with Gasteiger partial charge in [0.05, 0.1) is 11.8 Å². The van der Waals surface area contributed by atoms with Crippen LogP contribution in [0.2, 0.25) is 0 Å². The molecule has 1 N–H and O–H groups in total. The van der Waals surface area contributed by atoms with Gasteiger partial charge in [-0.15, -0.1) is 5.10 Å². The van der Waals surface area contributed by atoms with E-state index in [1.165, 1.54) is 6.42 Å². The minimum Gasteiger partial charge on any atom is -0.481 e. The normalized spacial score (nSPS) is 12.9. The van der Waals surface area contributed by atoms with Gasteiger partial charge < -0.3 is 5.11 Å². The van der Waals surface area contributed by atoms with Gasteiger partial charge in [-0.1, -0.05) is 38.5 Å². The summed E-state index contributed by atoms with van der Waals surface area (Å²) >= 11 is 1.16. The zero-order valence-corrected chi connectivity index (χ0v) is 11.9. The zero-order chi connectivity index (χ0) is 13.5. The lowest BCUT2D eigenvalue weighted by atomic mass is 10.0. The fourth-order valence-corrected chi connectivity index (χ4v) is 2.32. The molecule has 1 aromatic rings. The Bertz CT molecular complexity index is 381. The molecule has 1 aromatic heterocycles. The maximum absolute atomic E-state index is 10.5. The average Bonchev–Trinajstić information content (AvgIpc) is 2.73. The van der Waals surface area contributed by atoms with E-state index in [4.69, 9.17) is 5.11 Å². The van der Waals surface area contributed by atoms with E-state index < -0.39 is 5.97 Å². The van der Waals surface area contributed by atoms with Gasteiger partial charge in [0.1, 0.15) is 0 Å². The molecule has 0 bridgehead atoms. The first-order valence-electron chi connectivity index (χ1n) is 6.13. The molecular weight excluding hydrogens is 252 g/mol. The average molecular weight is 272 g/mol. The molecule has 0 amide bonds. The molecule has 1 atom stereocenters. The molecule has 1 rings (SSSR count). The van der Waals surface area contributed by atoms with E-state index in [1.807, 2.05) is 0 Å². The van der Waals surface area contributed by atoms with E-state index in [9.17, 15) is 4.79 Å². The minimum atomic E-state index is -0.859. The van der Waals surface area contributed by atoms with Crippen LogP contribution in [0.15, 0.2) is 5.16 Å². The summed E-state index contributed by atoms with van der Waals surface area (Å²) in [5.41, 5.74) is 0. The topological polar surface area (TPSA) is 80.9 Å². The number of hydrogen-bond acceptors (Lipinski definition) is 5. The second kappa shape index (κ2) is 7.35. The van der Waals surface area contributed by atoms with Crippen LogP contribution in [0.1, 0.15) is 46.1 Å². The Labute approximate surface area is 111 Å². The number of nitrogens with zero attached hydrogens (tertiary/aromatic N) is 4. The van der Waals surface area contributed by atoms with Crippen LogP contribution in [0.5, 0.6) is 0 Å². The van der Waals surface area contributed by atoms with Gasteiger partial charge in [0.2, 0.25) is 5.16 Å². The molecule has 1 heterocycles. The second-order valence-electron chi connectivity index (χ2n) is 4.76. The molecule has 0 saturated carbocycles. The second-order valence-corrected chi connectivity index (χ2v) is 5.70. The van der Waals surface area contributed by atoms with Crippen LogP contribution in [0.4, 0.5) is 0 Å². The number of carboxylic acids is 1. The molecule has 102 valence electrons. The Kier molecular flexibility index (Phi) is 6.11. The lowest BCUT2D eigenvalue weighted by Crippen LogP contribution is -2.10. The molecule has 0 spiro atoms. The zero-order valence-electron chi connectivity index (χ0n) is 11.0. The van der Waals surface area contributed by atoms with Gasteiger partial charge in [0, 0.05) is 0 Å². The lowest BCUT2D eigenvalue weighted by molar-refractivity contribution is -0.133. The van der Waals surface area contributed by atoms with Crippen LogP contribution in [-0.4, -0.2) is 37.0 Å². The number of thioether (sulfide) groups is 1. The highest BCUT2D eigenvalue weighted by Gasteiger charge is 2.14. The van der Waals surface area contributed by atoms with Crippen LogP contribution in [-0.2, 0) is 4.79 Å². The quantitative estimate of drug-likeness (QED) is 0.731. The predicted molar refractivity (Wildman–Crippen MR) is 69.6 cm³/mol. The number of rotatable bonds is 8. The Morgan fingerprint density at radius 1 is 1.39 bits per heavy atom. The van der Waals surface area contributed by atoms with Gasteiger partial charge >= 0.3 is 5.97 Å². The Morgan fingerprint density at radius 2 is 2.11 bits per heavy atom. The summed E-state index contributed by atoms with van der Waals surface area (Å²) in [4.78, 5) is 10.5. The Hall–Kier alpha value is -1.11. The third-order valence-electron chi connectivity index (χ3n) is 2.61. The van der Waals surface area contributed by atoms with Crippen molar-refractivity contribution in [1.82, 2.24) is 20.2 Å². The maximum atomic E-state index is 10.5. The van der Waals surface area contributed by atoms with E-state index >= 15 is 0 Å². The van der Waals surface area contributed by atoms with Crippen molar-refractivity contribution in [3.8, 4) is 0 Å². The molecule has 18 heavy (non-hydrogen) atoms. The number of carbonyl (C=O) groups is 1. The summed E-state index contributed by atoms with van der Waals surface area (Å²) in [5, 5.41) is 20.6. The summed E-state index contributed by atoms with van der Waals surface area (Å²) in [5.74, 6) is -0.173. The molecule has 7 heteroatoms. The molecule has 6 nitrogen and oxygen atoms in total. The number of aromatic nitrogens is 4. The number of tetrazole rings is 1. The summed E-state index contributed by atoms with van der Waals surface area (Å²) in [6.07, 6.45) is 3.32. The first kappa shape index (κ1) is 14.9. The largest absolute Gasteiger partial charge is 0.481 e. The first-order chi connectivity index (χ1) is 8.50. The van der Waals surface area contributed by atoms with E-state index in [0.717, 1.165) is 24.6 Å². The molecule has 0 aliphatic carbocycles. The predicted octanol–water partition coefficient (Wildman–Crippen LogP) is 2.24. The molecule has 0 aliphatic heterocycles. The highest BCUT2D eigenvalue weighted by atomic mass is 32.2. The van der Waals surface area contributed by atoms with E-state index in [-0.39, 0.29) is 11.8 Å². The van der Waals surface area contributed by atoms with Crippen LogP contribution < -0.4 is 0 Å². The highest BCUT2D eigenvalue weighted by Crippen LogP contribution is 2.21. The molecule has 0 radical (unpaired) electrons. The van der Waals surface area contributed by atoms with Crippen LogP contribution in [0, 0.1) is 5.92 Å². The summed E-state index contributed by atoms with van der Waals surface area (Å²) in [6.45, 7) is 6.47. The van der Waals surface area contributed by atoms with Crippen molar-refractivity contribution in [2.24, 2.45) is 5.92 Å². The van der Waals surface area contributed by atoms with Crippen molar-refractivity contribution < 1.29 is 9.90 Å². The van der Waals surface area contributed by atoms with E-state index in [1.54, 1.807) is 4.68 Å². The monoisotopic (exact) mass is 272 g/mol. The third-order valence-corrected chi connectivity index (χ3v) is 3.53. The Balaban J connectivity index is 2.49. The van der Waals surface area contributed by atoms with Gasteiger partial charge in [-0.05, 0) is 29.7 Å². The highest BCUT2D eigenvalue weighted by molar-refractivity contribution is 7.99. The van der Waals surface area contributed by atoms with Crippen LogP contribution in [0.3, 0.4) is 0 Å². The summed E-state index contributed by atoms with van der Waals surface area (Å²) in [7, 11) is 0. The Morgan fingerprint density at radius 3 is 2.72 bits per heavy atom. The molecule has 1 unspecified atom stereocenters. The van der Waals surface area contributed by atoms with E-state index in [2.05, 4.69) is 36.3 Å². The van der Waals surface area contributed by atoms with Gasteiger partial charge in [-0.2, -0.15) is 0 Å². The molecular formula is C11H20N4O2S. The van der Waals surface area contributed by atoms with Crippen molar-refractivity contribution in [1.29, 1.82) is 0 Å². The van der Waals surface area contributed by atoms with Crippen molar-refractivity contribution in [3.63, 3.8) is 0 Å². The SMILES string of the molecule is CC(C)CCCC(C)n1nnnc1SCC(=O)O. The van der Waals surface area contributed by atoms with Gasteiger partial charge in [0.25, 0.3) is 0 Å². The van der Waals surface area contributed by atoms with Crippen molar-refractivity contribution >= 4 is 17.7 Å². The minimum absolute atomic E-state index is 0.0148. The van der Waals surface area contributed by atoms with Gasteiger partial charge in [-0.3, -0.25) is 4.79 Å². The first-order valence-corrected chi connectivity index (χ1v) is 7.11. The van der Waals surface area contributed by atoms with Crippen LogP contribution >= 0.6 is 11.8 Å². The van der Waals surface area contributed by atoms with Crippen molar-refractivity contribution in [3.05, 3.63) is 0 Å². The summed E-state index contributed by atoms with van der Waals surface area (Å²) < 4.78 is 1.72.